The molecule has 2 rings (SSSR count). The Hall–Kier alpha value is -0.860. The predicted molar refractivity (Wildman–Crippen MR) is 88.0 cm³/mol. The van der Waals surface area contributed by atoms with Crippen molar-refractivity contribution in [1.82, 2.24) is 0 Å². The Morgan fingerprint density at radius 2 is 1.48 bits per heavy atom. The molecule has 2 nitrogen and oxygen atoms in total. The summed E-state index contributed by atoms with van der Waals surface area (Å²) in [6.45, 7) is 12.6. The fourth-order valence-electron chi connectivity index (χ4n) is 4.37. The van der Waals surface area contributed by atoms with E-state index in [-0.39, 0.29) is 12.0 Å². The molecule has 2 heteroatoms. The first kappa shape index (κ1) is 16.5. The van der Waals surface area contributed by atoms with Gasteiger partial charge in [-0.15, -0.1) is 0 Å². The third-order valence-electron chi connectivity index (χ3n) is 5.31. The van der Waals surface area contributed by atoms with E-state index in [1.165, 1.54) is 46.2 Å². The van der Waals surface area contributed by atoms with Gasteiger partial charge in [-0.3, -0.25) is 0 Å². The van der Waals surface area contributed by atoms with Crippen LogP contribution in [0.1, 0.15) is 67.0 Å². The average molecular weight is 290 g/mol. The van der Waals surface area contributed by atoms with Gasteiger partial charge in [-0.05, 0) is 92.2 Å². The number of aliphatic hydroxyl groups is 2. The van der Waals surface area contributed by atoms with Gasteiger partial charge in [0.05, 0.1) is 12.2 Å². The van der Waals surface area contributed by atoms with Crippen molar-refractivity contribution < 1.29 is 10.2 Å². The standard InChI is InChI=1S/C19H30O2/c1-12-13(2)15-8-7-9-16(15)17(14(12)3)18(4,5)10-19(6,21)11-20/h20-21H,7-11H2,1-6H3. The third-order valence-corrected chi connectivity index (χ3v) is 5.31. The van der Waals surface area contributed by atoms with Crippen LogP contribution in [0.15, 0.2) is 0 Å². The first-order valence-electron chi connectivity index (χ1n) is 8.06. The topological polar surface area (TPSA) is 40.5 Å². The van der Waals surface area contributed by atoms with Crippen molar-refractivity contribution >= 4 is 0 Å². The van der Waals surface area contributed by atoms with Crippen molar-refractivity contribution in [3.8, 4) is 0 Å². The highest BCUT2D eigenvalue weighted by Gasteiger charge is 2.36. The van der Waals surface area contributed by atoms with E-state index < -0.39 is 5.60 Å². The zero-order chi connectivity index (χ0) is 16.0. The maximum Gasteiger partial charge on any atom is 0.0857 e. The van der Waals surface area contributed by atoms with Crippen molar-refractivity contribution in [3.05, 3.63) is 33.4 Å². The van der Waals surface area contributed by atoms with Crippen molar-refractivity contribution in [1.29, 1.82) is 0 Å². The van der Waals surface area contributed by atoms with E-state index >= 15 is 0 Å². The first-order valence-corrected chi connectivity index (χ1v) is 8.06. The molecule has 118 valence electrons. The summed E-state index contributed by atoms with van der Waals surface area (Å²) in [6, 6.07) is 0. The summed E-state index contributed by atoms with van der Waals surface area (Å²) in [5, 5.41) is 19.7. The first-order chi connectivity index (χ1) is 9.60. The maximum absolute atomic E-state index is 10.3. The summed E-state index contributed by atoms with van der Waals surface area (Å²) < 4.78 is 0. The Balaban J connectivity index is 2.59. The second kappa shape index (κ2) is 5.40. The molecule has 0 bridgehead atoms. The maximum atomic E-state index is 10.3. The molecule has 0 heterocycles. The fraction of sp³-hybridized carbons (Fsp3) is 0.684. The van der Waals surface area contributed by atoms with E-state index in [4.69, 9.17) is 0 Å². The van der Waals surface area contributed by atoms with E-state index in [0.717, 1.165) is 6.42 Å². The zero-order valence-electron chi connectivity index (χ0n) is 14.4. The molecule has 1 atom stereocenters. The SMILES string of the molecule is Cc1c(C)c2c(c(C(C)(C)CC(C)(O)CO)c1C)CCC2. The van der Waals surface area contributed by atoms with Crippen LogP contribution in [0.3, 0.4) is 0 Å². The fourth-order valence-corrected chi connectivity index (χ4v) is 4.37. The molecule has 0 saturated carbocycles. The van der Waals surface area contributed by atoms with Gasteiger partial charge >= 0.3 is 0 Å². The lowest BCUT2D eigenvalue weighted by molar-refractivity contribution is -0.0195. The van der Waals surface area contributed by atoms with Crippen LogP contribution < -0.4 is 0 Å². The summed E-state index contributed by atoms with van der Waals surface area (Å²) in [5.41, 5.74) is 7.50. The molecule has 21 heavy (non-hydrogen) atoms. The monoisotopic (exact) mass is 290 g/mol. The minimum atomic E-state index is -1.03. The molecule has 0 amide bonds. The number of fused-ring (bicyclic) bond motifs is 1. The Morgan fingerprint density at radius 3 is 2.05 bits per heavy atom. The van der Waals surface area contributed by atoms with Crippen LogP contribution in [-0.2, 0) is 18.3 Å². The van der Waals surface area contributed by atoms with Crippen molar-refractivity contribution in [3.63, 3.8) is 0 Å². The van der Waals surface area contributed by atoms with Crippen LogP contribution in [0.2, 0.25) is 0 Å². The molecule has 1 unspecified atom stereocenters. The molecule has 2 N–H and O–H groups in total. The molecule has 0 radical (unpaired) electrons. The van der Waals surface area contributed by atoms with Gasteiger partial charge in [0.15, 0.2) is 0 Å². The van der Waals surface area contributed by atoms with Gasteiger partial charge < -0.3 is 10.2 Å². The Labute approximate surface area is 129 Å². The minimum absolute atomic E-state index is 0.136. The van der Waals surface area contributed by atoms with Gasteiger partial charge in [-0.2, -0.15) is 0 Å². The van der Waals surface area contributed by atoms with Crippen LogP contribution in [0, 0.1) is 20.8 Å². The predicted octanol–water partition coefficient (Wildman–Crippen LogP) is 3.51. The number of rotatable bonds is 4. The highest BCUT2D eigenvalue weighted by molar-refractivity contribution is 5.55. The number of benzene rings is 1. The minimum Gasteiger partial charge on any atom is -0.393 e. The molecule has 1 aliphatic rings. The van der Waals surface area contributed by atoms with Gasteiger partial charge in [-0.1, -0.05) is 13.8 Å². The Kier molecular flexibility index (Phi) is 4.25. The van der Waals surface area contributed by atoms with E-state index in [1.807, 2.05) is 0 Å². The molecule has 0 aromatic heterocycles. The number of aliphatic hydroxyl groups excluding tert-OH is 1. The van der Waals surface area contributed by atoms with Gasteiger partial charge in [0.25, 0.3) is 0 Å². The normalized spacial score (nSPS) is 17.7. The lowest BCUT2D eigenvalue weighted by Gasteiger charge is -2.36. The smallest absolute Gasteiger partial charge is 0.0857 e. The lowest BCUT2D eigenvalue weighted by atomic mass is 9.70. The third kappa shape index (κ3) is 2.89. The number of hydrogen-bond acceptors (Lipinski definition) is 2. The summed E-state index contributed by atoms with van der Waals surface area (Å²) in [6.07, 6.45) is 4.14. The van der Waals surface area contributed by atoms with Crippen LogP contribution >= 0.6 is 0 Å². The second-order valence-electron chi connectivity index (χ2n) is 7.78. The summed E-state index contributed by atoms with van der Waals surface area (Å²) in [4.78, 5) is 0. The quantitative estimate of drug-likeness (QED) is 0.891. The average Bonchev–Trinajstić information content (AvgIpc) is 2.83. The highest BCUT2D eigenvalue weighted by Crippen LogP contribution is 2.42. The largest absolute Gasteiger partial charge is 0.393 e. The van der Waals surface area contributed by atoms with Gasteiger partial charge in [0, 0.05) is 0 Å². The summed E-state index contributed by atoms with van der Waals surface area (Å²) >= 11 is 0. The van der Waals surface area contributed by atoms with Crippen molar-refractivity contribution in [2.24, 2.45) is 0 Å². The number of hydrogen-bond donors (Lipinski definition) is 2. The highest BCUT2D eigenvalue weighted by atomic mass is 16.3. The molecule has 0 fully saturated rings. The van der Waals surface area contributed by atoms with Crippen LogP contribution in [-0.4, -0.2) is 22.4 Å². The van der Waals surface area contributed by atoms with E-state index in [9.17, 15) is 10.2 Å². The lowest BCUT2D eigenvalue weighted by Crippen LogP contribution is -2.38. The molecule has 0 saturated heterocycles. The molecule has 1 aromatic carbocycles. The molecule has 0 aliphatic heterocycles. The molecular weight excluding hydrogens is 260 g/mol. The summed E-state index contributed by atoms with van der Waals surface area (Å²) in [5.74, 6) is 0. The van der Waals surface area contributed by atoms with Gasteiger partial charge in [-0.25, -0.2) is 0 Å². The summed E-state index contributed by atoms with van der Waals surface area (Å²) in [7, 11) is 0. The Bertz CT molecular complexity index is 553. The zero-order valence-corrected chi connectivity index (χ0v) is 14.4. The molecule has 0 spiro atoms. The molecule has 1 aliphatic carbocycles. The van der Waals surface area contributed by atoms with E-state index in [2.05, 4.69) is 34.6 Å². The molecule has 1 aromatic rings. The van der Waals surface area contributed by atoms with Crippen LogP contribution in [0.25, 0.3) is 0 Å². The van der Waals surface area contributed by atoms with E-state index in [1.54, 1.807) is 6.92 Å². The van der Waals surface area contributed by atoms with Gasteiger partial charge in [0.1, 0.15) is 0 Å². The van der Waals surface area contributed by atoms with Crippen molar-refractivity contribution in [2.45, 2.75) is 78.2 Å². The van der Waals surface area contributed by atoms with Gasteiger partial charge in [0.2, 0.25) is 0 Å². The van der Waals surface area contributed by atoms with Crippen LogP contribution in [0.5, 0.6) is 0 Å². The Morgan fingerprint density at radius 1 is 0.905 bits per heavy atom. The molecular formula is C19H30O2. The van der Waals surface area contributed by atoms with Crippen LogP contribution in [0.4, 0.5) is 0 Å². The van der Waals surface area contributed by atoms with E-state index in [0.29, 0.717) is 6.42 Å². The second-order valence-corrected chi connectivity index (χ2v) is 7.78. The van der Waals surface area contributed by atoms with Crippen molar-refractivity contribution in [2.75, 3.05) is 6.61 Å².